The topological polar surface area (TPSA) is 91.0 Å². The fourth-order valence-electron chi connectivity index (χ4n) is 3.65. The van der Waals surface area contributed by atoms with Crippen LogP contribution in [0.3, 0.4) is 0 Å². The standard InChI is InChI=1S/C24H25N5O3S/c1-4-29-14-17(16-9-5-7-11-19(16)29)20(30)15-33-24-27-26-22(28(24)2)13-23(31)25-18-10-6-8-12-21(18)32-3/h5-12,14H,4,13,15H2,1-3H3,(H,25,31). The Morgan fingerprint density at radius 2 is 1.85 bits per heavy atom. The van der Waals surface area contributed by atoms with Gasteiger partial charge in [0.05, 0.1) is 25.0 Å². The Morgan fingerprint density at radius 1 is 1.09 bits per heavy atom. The number of hydrogen-bond acceptors (Lipinski definition) is 6. The largest absolute Gasteiger partial charge is 0.495 e. The molecule has 0 atom stereocenters. The molecule has 8 nitrogen and oxygen atoms in total. The van der Waals surface area contributed by atoms with Crippen LogP contribution in [0.2, 0.25) is 0 Å². The first-order valence-corrected chi connectivity index (χ1v) is 11.5. The predicted octanol–water partition coefficient (Wildman–Crippen LogP) is 3.95. The maximum Gasteiger partial charge on any atom is 0.232 e. The number of anilines is 1. The minimum absolute atomic E-state index is 0.0295. The lowest BCUT2D eigenvalue weighted by molar-refractivity contribution is -0.115. The van der Waals surface area contributed by atoms with Crippen molar-refractivity contribution >= 4 is 40.0 Å². The van der Waals surface area contributed by atoms with Crippen molar-refractivity contribution in [3.8, 4) is 5.75 Å². The molecular formula is C24H25N5O3S. The molecule has 1 N–H and O–H groups in total. The van der Waals surface area contributed by atoms with Crippen LogP contribution >= 0.6 is 11.8 Å². The zero-order valence-corrected chi connectivity index (χ0v) is 19.6. The number of ketones is 1. The predicted molar refractivity (Wildman–Crippen MR) is 129 cm³/mol. The highest BCUT2D eigenvalue weighted by Crippen LogP contribution is 2.25. The number of rotatable bonds is 9. The quantitative estimate of drug-likeness (QED) is 0.299. The Labute approximate surface area is 196 Å². The number of hydrogen-bond donors (Lipinski definition) is 1. The van der Waals surface area contributed by atoms with Gasteiger partial charge in [-0.1, -0.05) is 42.1 Å². The Bertz CT molecular complexity index is 1310. The van der Waals surface area contributed by atoms with Crippen LogP contribution in [0.15, 0.2) is 59.9 Å². The summed E-state index contributed by atoms with van der Waals surface area (Å²) in [7, 11) is 3.35. The van der Waals surface area contributed by atoms with E-state index < -0.39 is 0 Å². The number of para-hydroxylation sites is 3. The number of aromatic nitrogens is 4. The van der Waals surface area contributed by atoms with E-state index in [1.165, 1.54) is 11.8 Å². The van der Waals surface area contributed by atoms with E-state index in [0.29, 0.717) is 28.0 Å². The average molecular weight is 464 g/mol. The molecule has 0 spiro atoms. The average Bonchev–Trinajstić information content (AvgIpc) is 3.38. The van der Waals surface area contributed by atoms with Gasteiger partial charge >= 0.3 is 0 Å². The van der Waals surface area contributed by atoms with Gasteiger partial charge in [0.1, 0.15) is 11.6 Å². The lowest BCUT2D eigenvalue weighted by Gasteiger charge is -2.09. The molecule has 0 bridgehead atoms. The summed E-state index contributed by atoms with van der Waals surface area (Å²) in [5.74, 6) is 1.14. The van der Waals surface area contributed by atoms with Crippen molar-refractivity contribution in [1.82, 2.24) is 19.3 Å². The van der Waals surface area contributed by atoms with Gasteiger partial charge in [0.2, 0.25) is 5.91 Å². The van der Waals surface area contributed by atoms with Crippen LogP contribution in [0.5, 0.6) is 5.75 Å². The summed E-state index contributed by atoms with van der Waals surface area (Å²) in [6.45, 7) is 2.85. The van der Waals surface area contributed by atoms with E-state index in [1.54, 1.807) is 30.9 Å². The van der Waals surface area contributed by atoms with E-state index in [0.717, 1.165) is 17.4 Å². The highest BCUT2D eigenvalue weighted by molar-refractivity contribution is 7.99. The number of carbonyl (C=O) groups is 2. The number of Topliss-reactive ketones (excluding diaryl/α,β-unsaturated/α-hetero) is 1. The molecule has 0 aliphatic rings. The van der Waals surface area contributed by atoms with Gasteiger partial charge in [-0.2, -0.15) is 0 Å². The molecule has 2 aromatic heterocycles. The van der Waals surface area contributed by atoms with Crippen molar-refractivity contribution in [3.63, 3.8) is 0 Å². The Hall–Kier alpha value is -3.59. The zero-order valence-electron chi connectivity index (χ0n) is 18.7. The summed E-state index contributed by atoms with van der Waals surface area (Å²) in [5, 5.41) is 12.7. The van der Waals surface area contributed by atoms with Gasteiger partial charge in [0, 0.05) is 36.3 Å². The second-order valence-corrected chi connectivity index (χ2v) is 8.38. The van der Waals surface area contributed by atoms with Gasteiger partial charge in [0.25, 0.3) is 0 Å². The number of carbonyl (C=O) groups excluding carboxylic acids is 2. The highest BCUT2D eigenvalue weighted by Gasteiger charge is 2.18. The van der Waals surface area contributed by atoms with Crippen LogP contribution in [0.4, 0.5) is 5.69 Å². The van der Waals surface area contributed by atoms with Crippen molar-refractivity contribution < 1.29 is 14.3 Å². The van der Waals surface area contributed by atoms with Crippen LogP contribution in [-0.2, 0) is 24.8 Å². The summed E-state index contributed by atoms with van der Waals surface area (Å²) in [4.78, 5) is 25.5. The normalized spacial score (nSPS) is 11.0. The third kappa shape index (κ3) is 4.78. The third-order valence-electron chi connectivity index (χ3n) is 5.39. The van der Waals surface area contributed by atoms with Crippen molar-refractivity contribution in [3.05, 3.63) is 66.1 Å². The zero-order chi connectivity index (χ0) is 23.4. The van der Waals surface area contributed by atoms with E-state index in [4.69, 9.17) is 4.74 Å². The van der Waals surface area contributed by atoms with Gasteiger partial charge in [0.15, 0.2) is 10.9 Å². The summed E-state index contributed by atoms with van der Waals surface area (Å²) in [6.07, 6.45) is 1.97. The number of nitrogens with one attached hydrogen (secondary N) is 1. The van der Waals surface area contributed by atoms with Crippen LogP contribution in [-0.4, -0.2) is 43.9 Å². The lowest BCUT2D eigenvalue weighted by atomic mass is 10.1. The molecule has 0 fully saturated rings. The Kier molecular flexibility index (Phi) is 6.79. The fourth-order valence-corrected chi connectivity index (χ4v) is 4.46. The molecule has 9 heteroatoms. The van der Waals surface area contributed by atoms with Crippen LogP contribution < -0.4 is 10.1 Å². The molecule has 2 aromatic carbocycles. The van der Waals surface area contributed by atoms with Crippen molar-refractivity contribution in [2.45, 2.75) is 25.0 Å². The van der Waals surface area contributed by atoms with Crippen molar-refractivity contribution in [2.24, 2.45) is 7.05 Å². The molecule has 4 rings (SSSR count). The minimum atomic E-state index is -0.227. The monoisotopic (exact) mass is 463 g/mol. The maximum absolute atomic E-state index is 13.0. The SMILES string of the molecule is CCn1cc(C(=O)CSc2nnc(CC(=O)Nc3ccccc3OC)n2C)c2ccccc21. The summed E-state index contributed by atoms with van der Waals surface area (Å²) >= 11 is 1.31. The van der Waals surface area contributed by atoms with E-state index in [9.17, 15) is 9.59 Å². The van der Waals surface area contributed by atoms with Gasteiger partial charge in [-0.15, -0.1) is 10.2 Å². The molecule has 33 heavy (non-hydrogen) atoms. The number of nitrogens with zero attached hydrogens (tertiary/aromatic N) is 4. The van der Waals surface area contributed by atoms with Crippen molar-refractivity contribution in [2.75, 3.05) is 18.2 Å². The smallest absolute Gasteiger partial charge is 0.232 e. The van der Waals surface area contributed by atoms with Gasteiger partial charge in [-0.05, 0) is 25.1 Å². The number of amides is 1. The van der Waals surface area contributed by atoms with Gasteiger partial charge in [-0.25, -0.2) is 0 Å². The highest BCUT2D eigenvalue weighted by atomic mass is 32.2. The van der Waals surface area contributed by atoms with E-state index in [2.05, 4.69) is 27.0 Å². The number of thioether (sulfide) groups is 1. The molecule has 170 valence electrons. The van der Waals surface area contributed by atoms with E-state index in [1.807, 2.05) is 42.6 Å². The van der Waals surface area contributed by atoms with E-state index in [-0.39, 0.29) is 23.9 Å². The summed E-state index contributed by atoms with van der Waals surface area (Å²) in [6, 6.07) is 15.1. The first-order chi connectivity index (χ1) is 16.0. The first kappa shape index (κ1) is 22.6. The third-order valence-corrected chi connectivity index (χ3v) is 6.41. The molecule has 0 radical (unpaired) electrons. The number of fused-ring (bicyclic) bond motifs is 1. The fraction of sp³-hybridized carbons (Fsp3) is 0.250. The Morgan fingerprint density at radius 3 is 2.64 bits per heavy atom. The second-order valence-electron chi connectivity index (χ2n) is 7.44. The second kappa shape index (κ2) is 9.91. The Balaban J connectivity index is 1.41. The molecule has 0 aliphatic carbocycles. The molecule has 2 heterocycles. The first-order valence-electron chi connectivity index (χ1n) is 10.6. The number of methoxy groups -OCH3 is 1. The van der Waals surface area contributed by atoms with Crippen LogP contribution in [0.25, 0.3) is 10.9 Å². The van der Waals surface area contributed by atoms with E-state index >= 15 is 0 Å². The van der Waals surface area contributed by atoms with Crippen LogP contribution in [0.1, 0.15) is 23.1 Å². The summed E-state index contributed by atoms with van der Waals surface area (Å²) < 4.78 is 9.09. The van der Waals surface area contributed by atoms with Crippen molar-refractivity contribution in [1.29, 1.82) is 0 Å². The lowest BCUT2D eigenvalue weighted by Crippen LogP contribution is -2.17. The van der Waals surface area contributed by atoms with Gasteiger partial charge < -0.3 is 19.2 Å². The number of benzene rings is 2. The molecular weight excluding hydrogens is 438 g/mol. The van der Waals surface area contributed by atoms with Gasteiger partial charge in [-0.3, -0.25) is 9.59 Å². The number of aryl methyl sites for hydroxylation is 1. The maximum atomic E-state index is 13.0. The molecule has 0 unspecified atom stereocenters. The molecule has 4 aromatic rings. The molecule has 0 aliphatic heterocycles. The van der Waals surface area contributed by atoms with Crippen LogP contribution in [0, 0.1) is 0 Å². The summed E-state index contributed by atoms with van der Waals surface area (Å²) in [5.41, 5.74) is 2.35. The number of ether oxygens (including phenoxy) is 1. The molecule has 1 amide bonds. The molecule has 0 saturated heterocycles. The minimum Gasteiger partial charge on any atom is -0.495 e. The molecule has 0 saturated carbocycles.